The van der Waals surface area contributed by atoms with Gasteiger partial charge in [-0.25, -0.2) is 0 Å². The molecule has 3 amide bonds. The van der Waals surface area contributed by atoms with Gasteiger partial charge in [-0.05, 0) is 49.1 Å². The van der Waals surface area contributed by atoms with Crippen molar-refractivity contribution in [1.29, 1.82) is 0 Å². The van der Waals surface area contributed by atoms with E-state index in [1.54, 1.807) is 55.7 Å². The van der Waals surface area contributed by atoms with Gasteiger partial charge in [-0.2, -0.15) is 0 Å². The van der Waals surface area contributed by atoms with Crippen molar-refractivity contribution in [2.24, 2.45) is 11.8 Å². The van der Waals surface area contributed by atoms with Gasteiger partial charge in [-0.3, -0.25) is 19.2 Å². The fraction of sp³-hybridized carbons (Fsp3) is 0.429. The van der Waals surface area contributed by atoms with Crippen LogP contribution in [0, 0.1) is 11.8 Å². The second-order valence-corrected chi connectivity index (χ2v) is 11.7. The highest BCUT2D eigenvalue weighted by Gasteiger charge is 2.75. The first-order valence-corrected chi connectivity index (χ1v) is 15.6. The Kier molecular flexibility index (Phi) is 10.2. The molecular weight excluding hydrogens is 590 g/mol. The van der Waals surface area contributed by atoms with E-state index in [2.05, 4.69) is 18.5 Å². The van der Waals surface area contributed by atoms with Crippen molar-refractivity contribution in [3.63, 3.8) is 0 Å². The molecule has 3 aliphatic heterocycles. The molecule has 0 aliphatic carbocycles. The molecule has 0 aromatic heterocycles. The SMILES string of the molecule is C=CCCC(=O)NC[C@H](OC(=O)[C@@H]1[C@H]2C(=O)N(CCO)[C@H](C(=O)N(CC=C)c3ccc(OC)cc3)[C@]23CC[C@H]1O3)c1ccccc1. The summed E-state index contributed by atoms with van der Waals surface area (Å²) in [6.45, 7) is 7.20. The molecule has 11 heteroatoms. The Bertz CT molecular complexity index is 1450. The van der Waals surface area contributed by atoms with Gasteiger partial charge in [0.05, 0.1) is 38.2 Å². The predicted molar refractivity (Wildman–Crippen MR) is 170 cm³/mol. The van der Waals surface area contributed by atoms with Gasteiger partial charge in [-0.1, -0.05) is 42.5 Å². The molecule has 3 fully saturated rings. The second-order valence-electron chi connectivity index (χ2n) is 11.7. The average molecular weight is 632 g/mol. The van der Waals surface area contributed by atoms with Crippen LogP contribution in [0.1, 0.15) is 37.4 Å². The van der Waals surface area contributed by atoms with Crippen LogP contribution in [0.15, 0.2) is 79.9 Å². The first-order chi connectivity index (χ1) is 22.3. The van der Waals surface area contributed by atoms with Gasteiger partial charge >= 0.3 is 5.97 Å². The molecule has 1 spiro atoms. The van der Waals surface area contributed by atoms with Crippen molar-refractivity contribution < 1.29 is 38.5 Å². The molecule has 2 aromatic rings. The maximum absolute atomic E-state index is 14.4. The highest BCUT2D eigenvalue weighted by Crippen LogP contribution is 2.59. The third-order valence-corrected chi connectivity index (χ3v) is 9.10. The fourth-order valence-electron chi connectivity index (χ4n) is 7.05. The Balaban J connectivity index is 1.43. The summed E-state index contributed by atoms with van der Waals surface area (Å²) in [6, 6.07) is 15.0. The molecule has 0 unspecified atom stereocenters. The molecular formula is C35H41N3O8. The van der Waals surface area contributed by atoms with E-state index in [0.29, 0.717) is 36.3 Å². The number of hydrogen-bond donors (Lipinski definition) is 2. The molecule has 0 saturated carbocycles. The number of ether oxygens (including phenoxy) is 3. The number of aliphatic hydroxyl groups excluding tert-OH is 1. The van der Waals surface area contributed by atoms with Gasteiger partial charge < -0.3 is 34.4 Å². The van der Waals surface area contributed by atoms with E-state index in [4.69, 9.17) is 14.2 Å². The number of aliphatic hydroxyl groups is 1. The highest BCUT2D eigenvalue weighted by molar-refractivity contribution is 6.04. The summed E-state index contributed by atoms with van der Waals surface area (Å²) in [7, 11) is 1.55. The van der Waals surface area contributed by atoms with Crippen molar-refractivity contribution >= 4 is 29.4 Å². The average Bonchev–Trinajstić information content (AvgIpc) is 3.72. The number of carbonyl (C=O) groups is 4. The monoisotopic (exact) mass is 631 g/mol. The molecule has 3 saturated heterocycles. The Labute approximate surface area is 268 Å². The number of benzene rings is 2. The van der Waals surface area contributed by atoms with Crippen LogP contribution >= 0.6 is 0 Å². The zero-order chi connectivity index (χ0) is 32.8. The van der Waals surface area contributed by atoms with Crippen LogP contribution in [0.25, 0.3) is 0 Å². The summed E-state index contributed by atoms with van der Waals surface area (Å²) >= 11 is 0. The summed E-state index contributed by atoms with van der Waals surface area (Å²) in [4.78, 5) is 57.8. The lowest BCUT2D eigenvalue weighted by Gasteiger charge is -2.36. The quantitative estimate of drug-likeness (QED) is 0.226. The number of anilines is 1. The number of nitrogens with one attached hydrogen (secondary N) is 1. The van der Waals surface area contributed by atoms with Gasteiger partial charge in [0, 0.05) is 25.2 Å². The molecule has 3 aliphatic rings. The normalized spacial score (nSPS) is 25.0. The lowest BCUT2D eigenvalue weighted by Crippen LogP contribution is -2.56. The number of fused-ring (bicyclic) bond motifs is 1. The minimum atomic E-state index is -1.27. The van der Waals surface area contributed by atoms with Crippen LogP contribution in [0.3, 0.4) is 0 Å². The number of β-amino-alcohol motifs (C(OH)–C–C–N with tert-alkyl or cyclic N) is 1. The maximum Gasteiger partial charge on any atom is 0.313 e. The Morgan fingerprint density at radius 3 is 2.54 bits per heavy atom. The van der Waals surface area contributed by atoms with Crippen molar-refractivity contribution in [2.45, 2.75) is 49.5 Å². The Hall–Kier alpha value is -4.48. The topological polar surface area (TPSA) is 135 Å². The van der Waals surface area contributed by atoms with Gasteiger partial charge in [-0.15, -0.1) is 13.2 Å². The van der Waals surface area contributed by atoms with Crippen LogP contribution in [-0.2, 0) is 28.7 Å². The number of hydrogen-bond acceptors (Lipinski definition) is 8. The minimum Gasteiger partial charge on any atom is -0.497 e. The molecule has 6 atom stereocenters. The molecule has 244 valence electrons. The highest BCUT2D eigenvalue weighted by atomic mass is 16.6. The number of carbonyl (C=O) groups excluding carboxylic acids is 4. The number of methoxy groups -OCH3 is 1. The van der Waals surface area contributed by atoms with Gasteiger partial charge in [0.25, 0.3) is 5.91 Å². The van der Waals surface area contributed by atoms with E-state index in [1.807, 2.05) is 18.2 Å². The molecule has 5 rings (SSSR count). The molecule has 11 nitrogen and oxygen atoms in total. The van der Waals surface area contributed by atoms with E-state index in [9.17, 15) is 24.3 Å². The third kappa shape index (κ3) is 6.17. The molecule has 46 heavy (non-hydrogen) atoms. The second kappa shape index (κ2) is 14.3. The van der Waals surface area contributed by atoms with E-state index in [1.165, 1.54) is 9.80 Å². The number of allylic oxidation sites excluding steroid dienone is 1. The summed E-state index contributed by atoms with van der Waals surface area (Å²) in [5.41, 5.74) is -0.0118. The van der Waals surface area contributed by atoms with Crippen molar-refractivity contribution in [3.8, 4) is 5.75 Å². The molecule has 2 aromatic carbocycles. The first kappa shape index (κ1) is 32.9. The maximum atomic E-state index is 14.4. The van der Waals surface area contributed by atoms with E-state index in [-0.39, 0.29) is 38.6 Å². The van der Waals surface area contributed by atoms with Crippen molar-refractivity contribution in [2.75, 3.05) is 38.3 Å². The summed E-state index contributed by atoms with van der Waals surface area (Å²) in [5, 5.41) is 12.8. The van der Waals surface area contributed by atoms with Gasteiger partial charge in [0.2, 0.25) is 11.8 Å². The number of esters is 1. The van der Waals surface area contributed by atoms with Crippen LogP contribution in [-0.4, -0.2) is 84.8 Å². The molecule has 2 bridgehead atoms. The van der Waals surface area contributed by atoms with Crippen LogP contribution in [0.4, 0.5) is 5.69 Å². The number of likely N-dealkylation sites (tertiary alicyclic amines) is 1. The van der Waals surface area contributed by atoms with Crippen LogP contribution < -0.4 is 15.0 Å². The van der Waals surface area contributed by atoms with Crippen LogP contribution in [0.5, 0.6) is 5.75 Å². The summed E-state index contributed by atoms with van der Waals surface area (Å²) < 4.78 is 17.8. The van der Waals surface area contributed by atoms with E-state index >= 15 is 0 Å². The number of nitrogens with zero attached hydrogens (tertiary/aromatic N) is 2. The summed E-state index contributed by atoms with van der Waals surface area (Å²) in [6.07, 6.45) is 3.44. The largest absolute Gasteiger partial charge is 0.497 e. The lowest BCUT2D eigenvalue weighted by atomic mass is 9.70. The minimum absolute atomic E-state index is 0.0455. The first-order valence-electron chi connectivity index (χ1n) is 15.6. The van der Waals surface area contributed by atoms with Crippen molar-refractivity contribution in [1.82, 2.24) is 10.2 Å². The zero-order valence-corrected chi connectivity index (χ0v) is 26.0. The molecule has 3 heterocycles. The van der Waals surface area contributed by atoms with Crippen molar-refractivity contribution in [3.05, 3.63) is 85.5 Å². The Morgan fingerprint density at radius 2 is 1.89 bits per heavy atom. The van der Waals surface area contributed by atoms with Gasteiger partial charge in [0.1, 0.15) is 23.5 Å². The number of amides is 3. The molecule has 0 radical (unpaired) electrons. The Morgan fingerprint density at radius 1 is 1.15 bits per heavy atom. The fourth-order valence-corrected chi connectivity index (χ4v) is 7.05. The molecule has 2 N–H and O–H groups in total. The smallest absolute Gasteiger partial charge is 0.313 e. The third-order valence-electron chi connectivity index (χ3n) is 9.10. The predicted octanol–water partition coefficient (Wildman–Crippen LogP) is 2.95. The van der Waals surface area contributed by atoms with E-state index < -0.39 is 53.5 Å². The van der Waals surface area contributed by atoms with Gasteiger partial charge in [0.15, 0.2) is 0 Å². The van der Waals surface area contributed by atoms with E-state index in [0.717, 1.165) is 0 Å². The van der Waals surface area contributed by atoms with Crippen LogP contribution in [0.2, 0.25) is 0 Å². The summed E-state index contributed by atoms with van der Waals surface area (Å²) in [5.74, 6) is -2.97. The zero-order valence-electron chi connectivity index (χ0n) is 26.0. The standard InChI is InChI=1S/C35H41N3O8/c1-4-6-12-28(40)36-22-27(23-10-8-7-9-11-23)45-34(43)29-26-17-18-35(46-26)30(29)32(41)38(20-21-39)31(35)33(42)37(19-5-2)24-13-15-25(44-3)16-14-24/h4-5,7-11,13-16,26-27,29-31,39H,1-2,6,12,17-22H2,3H3,(H,36,40)/t26-,27+,29+,30+,31-,35+/m1/s1. The number of rotatable bonds is 15. The lowest BCUT2D eigenvalue weighted by molar-refractivity contribution is -0.160.